The highest BCUT2D eigenvalue weighted by Crippen LogP contribution is 2.33. The Labute approximate surface area is 169 Å². The van der Waals surface area contributed by atoms with Gasteiger partial charge in [0, 0.05) is 37.8 Å². The van der Waals surface area contributed by atoms with Crippen LogP contribution in [0.3, 0.4) is 0 Å². The van der Waals surface area contributed by atoms with Crippen molar-refractivity contribution in [1.82, 2.24) is 10.2 Å². The van der Waals surface area contributed by atoms with Crippen LogP contribution in [0.25, 0.3) is 0 Å². The number of halogens is 1. The zero-order valence-corrected chi connectivity index (χ0v) is 16.5. The van der Waals surface area contributed by atoms with Crippen molar-refractivity contribution in [2.45, 2.75) is 25.7 Å². The molecule has 2 saturated heterocycles. The van der Waals surface area contributed by atoms with Gasteiger partial charge < -0.3 is 20.4 Å². The van der Waals surface area contributed by atoms with Gasteiger partial charge in [0.05, 0.1) is 23.2 Å². The van der Waals surface area contributed by atoms with E-state index < -0.39 is 0 Å². The second-order valence-electron chi connectivity index (χ2n) is 7.82. The first kappa shape index (κ1) is 19.1. The molecule has 8 heteroatoms. The third-order valence-corrected chi connectivity index (χ3v) is 5.93. The number of benzene rings is 1. The number of anilines is 2. The number of nitrogens with one attached hydrogen (secondary N) is 2. The number of hydrogen-bond acceptors (Lipinski definition) is 4. The van der Waals surface area contributed by atoms with Crippen molar-refractivity contribution in [2.75, 3.05) is 42.9 Å². The Kier molecular flexibility index (Phi) is 5.44. The first-order chi connectivity index (χ1) is 13.5. The third-order valence-electron chi connectivity index (χ3n) is 5.62. The average molecular weight is 405 g/mol. The maximum absolute atomic E-state index is 12.7. The largest absolute Gasteiger partial charge is 0.359 e. The molecule has 1 unspecified atom stereocenters. The zero-order chi connectivity index (χ0) is 19.7. The Morgan fingerprint density at radius 1 is 1.14 bits per heavy atom. The number of nitrogens with zero attached hydrogens (tertiary/aromatic N) is 2. The zero-order valence-electron chi connectivity index (χ0n) is 15.7. The quantitative estimate of drug-likeness (QED) is 0.802. The molecule has 150 valence electrons. The van der Waals surface area contributed by atoms with E-state index >= 15 is 0 Å². The lowest BCUT2D eigenvalue weighted by Crippen LogP contribution is -2.47. The maximum Gasteiger partial charge on any atom is 0.239 e. The van der Waals surface area contributed by atoms with Gasteiger partial charge in [-0.25, -0.2) is 0 Å². The Hall–Kier alpha value is -2.28. The van der Waals surface area contributed by atoms with Crippen molar-refractivity contribution >= 4 is 40.7 Å². The Bertz CT molecular complexity index is 796. The molecule has 2 heterocycles. The van der Waals surface area contributed by atoms with E-state index in [4.69, 9.17) is 11.6 Å². The predicted octanol–water partition coefficient (Wildman–Crippen LogP) is 1.86. The van der Waals surface area contributed by atoms with Crippen LogP contribution < -0.4 is 15.5 Å². The van der Waals surface area contributed by atoms with Gasteiger partial charge in [0.1, 0.15) is 0 Å². The molecule has 2 aliphatic heterocycles. The first-order valence-electron chi connectivity index (χ1n) is 9.92. The van der Waals surface area contributed by atoms with Gasteiger partial charge in [-0.2, -0.15) is 0 Å². The first-order valence-corrected chi connectivity index (χ1v) is 10.3. The van der Waals surface area contributed by atoms with E-state index in [0.717, 1.165) is 37.9 Å². The van der Waals surface area contributed by atoms with Gasteiger partial charge in [-0.05, 0) is 43.9 Å². The topological polar surface area (TPSA) is 81.8 Å². The van der Waals surface area contributed by atoms with Crippen molar-refractivity contribution in [3.05, 3.63) is 23.2 Å². The second-order valence-corrected chi connectivity index (χ2v) is 8.23. The summed E-state index contributed by atoms with van der Waals surface area (Å²) in [6.45, 7) is 2.81. The van der Waals surface area contributed by atoms with Crippen LogP contribution in [0.1, 0.15) is 25.7 Å². The number of hydrogen-bond donors (Lipinski definition) is 2. The van der Waals surface area contributed by atoms with Crippen molar-refractivity contribution in [3.8, 4) is 0 Å². The molecule has 1 aromatic rings. The summed E-state index contributed by atoms with van der Waals surface area (Å²) in [5.41, 5.74) is 1.42. The molecule has 3 aliphatic rings. The van der Waals surface area contributed by atoms with Crippen LogP contribution in [0.5, 0.6) is 0 Å². The average Bonchev–Trinajstić information content (AvgIpc) is 3.53. The minimum Gasteiger partial charge on any atom is -0.359 e. The number of carbonyl (C=O) groups excluding carboxylic acids is 3. The minimum absolute atomic E-state index is 0.0257. The number of piperazine rings is 1. The second kappa shape index (κ2) is 7.99. The van der Waals surface area contributed by atoms with E-state index in [9.17, 15) is 14.4 Å². The summed E-state index contributed by atoms with van der Waals surface area (Å²) in [5.74, 6) is 0.0953. The maximum atomic E-state index is 12.7. The van der Waals surface area contributed by atoms with Crippen LogP contribution in [0.2, 0.25) is 5.02 Å². The van der Waals surface area contributed by atoms with Gasteiger partial charge in [-0.3, -0.25) is 14.4 Å². The summed E-state index contributed by atoms with van der Waals surface area (Å²) in [4.78, 5) is 40.4. The normalized spacial score (nSPS) is 22.6. The number of likely N-dealkylation sites (tertiary alicyclic amines) is 1. The lowest BCUT2D eigenvalue weighted by atomic mass is 9.96. The lowest BCUT2D eigenvalue weighted by Gasteiger charge is -2.32. The molecule has 0 bridgehead atoms. The summed E-state index contributed by atoms with van der Waals surface area (Å²) < 4.78 is 0. The molecule has 0 spiro atoms. The van der Waals surface area contributed by atoms with E-state index in [1.54, 1.807) is 6.07 Å². The molecule has 0 radical (unpaired) electrons. The standard InChI is InChI=1S/C20H25ClN4O3/c21-16-10-15(5-6-17(16)24-9-7-22-18(26)12-24)23-19(27)14-2-1-8-25(11-14)20(28)13-3-4-13/h5-6,10,13-14H,1-4,7-9,11-12H2,(H,22,26)(H,23,27). The Balaban J connectivity index is 1.38. The molecule has 3 fully saturated rings. The van der Waals surface area contributed by atoms with Gasteiger partial charge in [-0.1, -0.05) is 11.6 Å². The van der Waals surface area contributed by atoms with Gasteiger partial charge in [-0.15, -0.1) is 0 Å². The molecule has 1 atom stereocenters. The summed E-state index contributed by atoms with van der Waals surface area (Å²) in [5, 5.41) is 6.23. The van der Waals surface area contributed by atoms with Gasteiger partial charge in [0.15, 0.2) is 0 Å². The monoisotopic (exact) mass is 404 g/mol. The third kappa shape index (κ3) is 4.24. The van der Waals surface area contributed by atoms with Crippen molar-refractivity contribution < 1.29 is 14.4 Å². The molecule has 2 N–H and O–H groups in total. The van der Waals surface area contributed by atoms with Crippen LogP contribution in [0.4, 0.5) is 11.4 Å². The van der Waals surface area contributed by atoms with Crippen LogP contribution in [0, 0.1) is 11.8 Å². The molecule has 3 amide bonds. The van der Waals surface area contributed by atoms with Gasteiger partial charge in [0.25, 0.3) is 0 Å². The van der Waals surface area contributed by atoms with Gasteiger partial charge in [0.2, 0.25) is 17.7 Å². The molecule has 4 rings (SSSR count). The molecule has 1 aliphatic carbocycles. The van der Waals surface area contributed by atoms with Crippen LogP contribution in [-0.4, -0.2) is 55.3 Å². The lowest BCUT2D eigenvalue weighted by molar-refractivity contribution is -0.135. The van der Waals surface area contributed by atoms with Crippen molar-refractivity contribution in [3.63, 3.8) is 0 Å². The predicted molar refractivity (Wildman–Crippen MR) is 107 cm³/mol. The highest BCUT2D eigenvalue weighted by Gasteiger charge is 2.36. The summed E-state index contributed by atoms with van der Waals surface area (Å²) in [6.07, 6.45) is 3.60. The molecule has 28 heavy (non-hydrogen) atoms. The minimum atomic E-state index is -0.194. The van der Waals surface area contributed by atoms with Gasteiger partial charge >= 0.3 is 0 Å². The smallest absolute Gasteiger partial charge is 0.239 e. The SMILES string of the molecule is O=C1CN(c2ccc(NC(=O)C3CCCN(C(=O)C4CC4)C3)cc2Cl)CCN1. The van der Waals surface area contributed by atoms with E-state index in [0.29, 0.717) is 30.3 Å². The molecular weight excluding hydrogens is 380 g/mol. The Morgan fingerprint density at radius 3 is 2.68 bits per heavy atom. The summed E-state index contributed by atoms with van der Waals surface area (Å²) >= 11 is 6.41. The molecule has 1 aromatic carbocycles. The number of amides is 3. The van der Waals surface area contributed by atoms with Crippen LogP contribution >= 0.6 is 11.6 Å². The molecule has 0 aromatic heterocycles. The highest BCUT2D eigenvalue weighted by atomic mass is 35.5. The van der Waals surface area contributed by atoms with E-state index in [1.807, 2.05) is 21.9 Å². The highest BCUT2D eigenvalue weighted by molar-refractivity contribution is 6.33. The number of piperidine rings is 1. The van der Waals surface area contributed by atoms with E-state index in [-0.39, 0.29) is 36.1 Å². The summed E-state index contributed by atoms with van der Waals surface area (Å²) in [6, 6.07) is 5.36. The van der Waals surface area contributed by atoms with Crippen LogP contribution in [-0.2, 0) is 14.4 Å². The van der Waals surface area contributed by atoms with Crippen molar-refractivity contribution in [1.29, 1.82) is 0 Å². The fraction of sp³-hybridized carbons (Fsp3) is 0.550. The molecule has 1 saturated carbocycles. The van der Waals surface area contributed by atoms with Crippen molar-refractivity contribution in [2.24, 2.45) is 11.8 Å². The fourth-order valence-electron chi connectivity index (χ4n) is 3.91. The Morgan fingerprint density at radius 2 is 1.96 bits per heavy atom. The van der Waals surface area contributed by atoms with Crippen LogP contribution in [0.15, 0.2) is 18.2 Å². The molecular formula is C20H25ClN4O3. The fourth-order valence-corrected chi connectivity index (χ4v) is 4.21. The summed E-state index contributed by atoms with van der Waals surface area (Å²) in [7, 11) is 0. The number of carbonyl (C=O) groups is 3. The number of rotatable bonds is 4. The van der Waals surface area contributed by atoms with E-state index in [2.05, 4.69) is 10.6 Å². The molecule has 7 nitrogen and oxygen atoms in total. The van der Waals surface area contributed by atoms with E-state index in [1.165, 1.54) is 0 Å².